The molecule has 0 aromatic heterocycles. The molecule has 1 aliphatic carbocycles. The number of esters is 1. The van der Waals surface area contributed by atoms with E-state index in [0.717, 1.165) is 29.4 Å². The summed E-state index contributed by atoms with van der Waals surface area (Å²) in [5.41, 5.74) is 4.03. The molecule has 198 valence electrons. The molecule has 3 N–H and O–H groups in total. The zero-order valence-electron chi connectivity index (χ0n) is 19.4. The quantitative estimate of drug-likeness (QED) is 0.232. The second-order valence-electron chi connectivity index (χ2n) is 8.01. The van der Waals surface area contributed by atoms with Crippen molar-refractivity contribution in [2.24, 2.45) is 0 Å². The van der Waals surface area contributed by atoms with E-state index in [1.54, 1.807) is 0 Å². The second kappa shape index (κ2) is 12.4. The lowest BCUT2D eigenvalue weighted by Crippen LogP contribution is -2.50. The topological polar surface area (TPSA) is 140 Å². The maximum atomic E-state index is 12.5. The number of alkyl halides is 3. The first-order valence-electron chi connectivity index (χ1n) is 10.9. The van der Waals surface area contributed by atoms with E-state index >= 15 is 0 Å². The summed E-state index contributed by atoms with van der Waals surface area (Å²) in [6, 6.07) is 12.3. The van der Waals surface area contributed by atoms with Gasteiger partial charge in [-0.25, -0.2) is 19.2 Å². The zero-order chi connectivity index (χ0) is 27.2. The van der Waals surface area contributed by atoms with E-state index in [4.69, 9.17) is 44.3 Å². The Morgan fingerprint density at radius 1 is 0.892 bits per heavy atom. The van der Waals surface area contributed by atoms with Gasteiger partial charge in [-0.1, -0.05) is 83.3 Å². The molecule has 0 aliphatic heterocycles. The van der Waals surface area contributed by atoms with Gasteiger partial charge in [0, 0.05) is 12.3 Å². The van der Waals surface area contributed by atoms with Crippen LogP contribution in [0, 0.1) is 0 Å². The van der Waals surface area contributed by atoms with Crippen molar-refractivity contribution in [1.29, 1.82) is 0 Å². The number of carboxylic acids is 1. The van der Waals surface area contributed by atoms with Gasteiger partial charge >= 0.3 is 24.1 Å². The molecule has 13 heteroatoms. The molecule has 0 spiro atoms. The number of fused-ring (bicyclic) bond motifs is 3. The molecule has 2 aromatic rings. The van der Waals surface area contributed by atoms with Gasteiger partial charge in [0.2, 0.25) is 3.79 Å². The number of nitrogens with one attached hydrogen (secondary N) is 2. The average Bonchev–Trinajstić information content (AvgIpc) is 3.18. The lowest BCUT2D eigenvalue weighted by atomic mass is 9.98. The Bertz CT molecular complexity index is 1130. The molecule has 0 saturated heterocycles. The minimum atomic E-state index is -1.90. The van der Waals surface area contributed by atoms with Gasteiger partial charge in [-0.3, -0.25) is 0 Å². The first-order valence-corrected chi connectivity index (χ1v) is 12.1. The van der Waals surface area contributed by atoms with Crippen LogP contribution in [0.4, 0.5) is 9.59 Å². The molecule has 0 fully saturated rings. The number of alkyl carbamates (subject to hydrolysis) is 2. The van der Waals surface area contributed by atoms with Gasteiger partial charge in [0.05, 0.1) is 7.11 Å². The number of carbonyl (C=O) groups is 4. The van der Waals surface area contributed by atoms with Crippen LogP contribution in [0.1, 0.15) is 23.5 Å². The third-order valence-electron chi connectivity index (χ3n) is 5.55. The van der Waals surface area contributed by atoms with Crippen LogP contribution in [0.5, 0.6) is 0 Å². The number of aliphatic carboxylic acids is 1. The summed E-state index contributed by atoms with van der Waals surface area (Å²) in [6.07, 6.45) is -2.75. The standard InChI is InChI=1S/C24H23Cl3N2O8/c1-35-21(32)19(29-23(34)37-12-24(25,26)27)10-18(20(30)31)28-22(33)36-11-17-15-8-4-2-6-13(15)14-7-3-5-9-16(14)17/h2-9,17-19H,10-12H2,1H3,(H,28,33)(H,29,34)(H,30,31)/t18-,19-/m0/s1. The lowest BCUT2D eigenvalue weighted by molar-refractivity contribution is -0.144. The number of carbonyl (C=O) groups excluding carboxylic acids is 3. The van der Waals surface area contributed by atoms with Crippen molar-refractivity contribution in [2.75, 3.05) is 20.3 Å². The third kappa shape index (κ3) is 7.64. The van der Waals surface area contributed by atoms with Crippen LogP contribution in [-0.4, -0.2) is 65.4 Å². The summed E-state index contributed by atoms with van der Waals surface area (Å²) in [7, 11) is 1.04. The molecule has 10 nitrogen and oxygen atoms in total. The molecule has 2 amide bonds. The highest BCUT2D eigenvalue weighted by Crippen LogP contribution is 2.44. The third-order valence-corrected chi connectivity index (χ3v) is 5.88. The largest absolute Gasteiger partial charge is 0.480 e. The molecule has 0 unspecified atom stereocenters. The number of hydrogen-bond acceptors (Lipinski definition) is 7. The fraction of sp³-hybridized carbons (Fsp3) is 0.333. The van der Waals surface area contributed by atoms with Crippen LogP contribution in [-0.2, 0) is 23.8 Å². The number of amides is 2. The van der Waals surface area contributed by atoms with E-state index in [0.29, 0.717) is 0 Å². The Kier molecular flexibility index (Phi) is 9.47. The average molecular weight is 574 g/mol. The van der Waals surface area contributed by atoms with Crippen molar-refractivity contribution in [3.8, 4) is 11.1 Å². The molecule has 0 bridgehead atoms. The molecular weight excluding hydrogens is 551 g/mol. The Hall–Kier alpha value is -3.21. The van der Waals surface area contributed by atoms with Gasteiger partial charge in [-0.2, -0.15) is 0 Å². The number of ether oxygens (including phenoxy) is 3. The number of halogens is 3. The van der Waals surface area contributed by atoms with Crippen molar-refractivity contribution in [2.45, 2.75) is 28.2 Å². The summed E-state index contributed by atoms with van der Waals surface area (Å²) in [5.74, 6) is -2.69. The molecule has 0 saturated carbocycles. The summed E-state index contributed by atoms with van der Waals surface area (Å²) in [4.78, 5) is 48.4. The van der Waals surface area contributed by atoms with Crippen LogP contribution in [0.2, 0.25) is 0 Å². The van der Waals surface area contributed by atoms with E-state index in [2.05, 4.69) is 15.4 Å². The van der Waals surface area contributed by atoms with E-state index in [-0.39, 0.29) is 12.5 Å². The van der Waals surface area contributed by atoms with Crippen molar-refractivity contribution in [3.63, 3.8) is 0 Å². The van der Waals surface area contributed by atoms with Gasteiger partial charge in [-0.15, -0.1) is 0 Å². The van der Waals surface area contributed by atoms with Crippen LogP contribution in [0.15, 0.2) is 48.5 Å². The van der Waals surface area contributed by atoms with Crippen LogP contribution >= 0.6 is 34.8 Å². The zero-order valence-corrected chi connectivity index (χ0v) is 21.7. The van der Waals surface area contributed by atoms with Crippen LogP contribution in [0.25, 0.3) is 11.1 Å². The molecular formula is C24H23Cl3N2O8. The first kappa shape index (κ1) is 28.4. The number of carboxylic acid groups (broad SMARTS) is 1. The van der Waals surface area contributed by atoms with Crippen molar-refractivity contribution in [1.82, 2.24) is 10.6 Å². The fourth-order valence-corrected chi connectivity index (χ4v) is 4.09. The van der Waals surface area contributed by atoms with Gasteiger partial charge in [-0.05, 0) is 22.3 Å². The fourth-order valence-electron chi connectivity index (χ4n) is 3.93. The Balaban J connectivity index is 1.63. The first-order chi connectivity index (χ1) is 17.5. The Morgan fingerprint density at radius 2 is 1.41 bits per heavy atom. The highest BCUT2D eigenvalue weighted by atomic mass is 35.6. The summed E-state index contributed by atoms with van der Waals surface area (Å²) in [5, 5.41) is 13.9. The SMILES string of the molecule is COC(=O)[C@H](C[C@H](NC(=O)OCC1c2ccccc2-c2ccccc21)C(=O)O)NC(=O)OCC(Cl)(Cl)Cl. The molecule has 2 atom stereocenters. The minimum Gasteiger partial charge on any atom is -0.480 e. The smallest absolute Gasteiger partial charge is 0.407 e. The second-order valence-corrected chi connectivity index (χ2v) is 10.5. The molecule has 37 heavy (non-hydrogen) atoms. The summed E-state index contributed by atoms with van der Waals surface area (Å²) < 4.78 is 12.8. The van der Waals surface area contributed by atoms with Crippen LogP contribution in [0.3, 0.4) is 0 Å². The number of hydrogen-bond donors (Lipinski definition) is 3. The molecule has 1 aliphatic rings. The maximum Gasteiger partial charge on any atom is 0.407 e. The predicted molar refractivity (Wildman–Crippen MR) is 135 cm³/mol. The molecule has 2 aromatic carbocycles. The van der Waals surface area contributed by atoms with Gasteiger partial charge in [0.25, 0.3) is 0 Å². The molecule has 3 rings (SSSR count). The van der Waals surface area contributed by atoms with Gasteiger partial charge < -0.3 is 30.0 Å². The summed E-state index contributed by atoms with van der Waals surface area (Å²) in [6.45, 7) is -0.675. The monoisotopic (exact) mass is 572 g/mol. The van der Waals surface area contributed by atoms with Crippen molar-refractivity contribution in [3.05, 3.63) is 59.7 Å². The molecule has 0 heterocycles. The lowest BCUT2D eigenvalue weighted by Gasteiger charge is -2.22. The minimum absolute atomic E-state index is 0.0474. The van der Waals surface area contributed by atoms with Crippen LogP contribution < -0.4 is 10.6 Å². The number of benzene rings is 2. The van der Waals surface area contributed by atoms with Crippen molar-refractivity contribution >= 4 is 58.9 Å². The molecule has 0 radical (unpaired) electrons. The van der Waals surface area contributed by atoms with E-state index < -0.39 is 53.0 Å². The van der Waals surface area contributed by atoms with E-state index in [9.17, 15) is 24.3 Å². The summed E-state index contributed by atoms with van der Waals surface area (Å²) >= 11 is 16.5. The normalized spacial score (nSPS) is 13.9. The van der Waals surface area contributed by atoms with Gasteiger partial charge in [0.15, 0.2) is 0 Å². The Labute approximate surface area is 227 Å². The highest BCUT2D eigenvalue weighted by molar-refractivity contribution is 6.67. The van der Waals surface area contributed by atoms with E-state index in [1.807, 2.05) is 48.5 Å². The highest BCUT2D eigenvalue weighted by Gasteiger charge is 2.33. The van der Waals surface area contributed by atoms with E-state index in [1.165, 1.54) is 0 Å². The predicted octanol–water partition coefficient (Wildman–Crippen LogP) is 4.01. The number of methoxy groups -OCH3 is 1. The van der Waals surface area contributed by atoms with Crippen molar-refractivity contribution < 1.29 is 38.5 Å². The maximum absolute atomic E-state index is 12.5. The number of rotatable bonds is 9. The van der Waals surface area contributed by atoms with Gasteiger partial charge in [0.1, 0.15) is 25.3 Å². The Morgan fingerprint density at radius 3 is 1.92 bits per heavy atom.